The fraction of sp³-hybridized carbons (Fsp3) is 0.500. The Bertz CT molecular complexity index is 553. The van der Waals surface area contributed by atoms with E-state index in [9.17, 15) is 22.8 Å². The third-order valence-electron chi connectivity index (χ3n) is 3.23. The Morgan fingerprint density at radius 3 is 2.52 bits per heavy atom. The van der Waals surface area contributed by atoms with Crippen LogP contribution >= 0.6 is 0 Å². The molecule has 0 bridgehead atoms. The van der Waals surface area contributed by atoms with Crippen LogP contribution in [0.5, 0.6) is 0 Å². The molecule has 1 fully saturated rings. The summed E-state index contributed by atoms with van der Waals surface area (Å²) >= 11 is 0. The van der Waals surface area contributed by atoms with E-state index in [1.807, 2.05) is 5.32 Å². The minimum atomic E-state index is -4.47. The predicted molar refractivity (Wildman–Crippen MR) is 62.2 cm³/mol. The molecular weight excluding hydrogens is 291 g/mol. The second-order valence-electron chi connectivity index (χ2n) is 4.86. The van der Waals surface area contributed by atoms with Crippen LogP contribution in [-0.2, 0) is 11.3 Å². The van der Waals surface area contributed by atoms with Crippen LogP contribution in [0.1, 0.15) is 29.6 Å². The quantitative estimate of drug-likeness (QED) is 0.783. The summed E-state index contributed by atoms with van der Waals surface area (Å²) in [6, 6.07) is 1.30. The van der Waals surface area contributed by atoms with E-state index in [-0.39, 0.29) is 31.4 Å². The van der Waals surface area contributed by atoms with E-state index < -0.39 is 23.6 Å². The summed E-state index contributed by atoms with van der Waals surface area (Å²) in [6.07, 6.45) is -2.39. The van der Waals surface area contributed by atoms with Crippen LogP contribution in [0.2, 0.25) is 0 Å². The lowest BCUT2D eigenvalue weighted by molar-refractivity contribution is -0.753. The maximum absolute atomic E-state index is 12.7. The molecule has 1 aromatic rings. The fourth-order valence-corrected chi connectivity index (χ4v) is 1.75. The van der Waals surface area contributed by atoms with E-state index in [2.05, 4.69) is 5.10 Å². The number of carbonyl (C=O) groups excluding carboxylic acids is 1. The molecule has 1 heterocycles. The third kappa shape index (κ3) is 3.47. The van der Waals surface area contributed by atoms with Gasteiger partial charge in [-0.25, -0.2) is 0 Å². The van der Waals surface area contributed by atoms with Gasteiger partial charge in [0.15, 0.2) is 12.7 Å². The molecule has 0 spiro atoms. The maximum Gasteiger partial charge on any atom is 0.411 e. The van der Waals surface area contributed by atoms with Crippen LogP contribution in [-0.4, -0.2) is 33.8 Å². The molecule has 0 radical (unpaired) electrons. The van der Waals surface area contributed by atoms with Crippen molar-refractivity contribution >= 4 is 11.9 Å². The number of carbonyl (C=O) groups is 2. The van der Waals surface area contributed by atoms with Gasteiger partial charge in [-0.2, -0.15) is 13.2 Å². The number of halogens is 3. The standard InChI is InChI=1S/C12H12F3N3O3/c13-12(14,15)11(3-4-11)17-10(21)8-1-5-18(16-7-8)6-2-9(19)20/h1,5,7H,2-4,6H2,(H-,17,19,20,21)/p+1. The molecule has 1 saturated carbocycles. The highest BCUT2D eigenvalue weighted by atomic mass is 19.4. The molecule has 9 heteroatoms. The van der Waals surface area contributed by atoms with Crippen LogP contribution < -0.4 is 10.00 Å². The van der Waals surface area contributed by atoms with Crippen LogP contribution in [0.25, 0.3) is 0 Å². The average molecular weight is 304 g/mol. The summed E-state index contributed by atoms with van der Waals surface area (Å²) in [6.45, 7) is 0.115. The van der Waals surface area contributed by atoms with Gasteiger partial charge in [-0.1, -0.05) is 4.68 Å². The van der Waals surface area contributed by atoms with Gasteiger partial charge in [0.05, 0.1) is 5.56 Å². The molecule has 1 amide bonds. The molecule has 1 aliphatic carbocycles. The van der Waals surface area contributed by atoms with Crippen molar-refractivity contribution in [3.05, 3.63) is 24.0 Å². The summed E-state index contributed by atoms with van der Waals surface area (Å²) in [7, 11) is 0. The molecule has 6 nitrogen and oxygen atoms in total. The number of hydrogen-bond donors (Lipinski definition) is 2. The molecule has 1 aromatic heterocycles. The van der Waals surface area contributed by atoms with Gasteiger partial charge < -0.3 is 10.4 Å². The Balaban J connectivity index is 1.99. The zero-order valence-electron chi connectivity index (χ0n) is 10.9. The number of carboxylic acid groups (broad SMARTS) is 1. The lowest BCUT2D eigenvalue weighted by Crippen LogP contribution is -2.48. The topological polar surface area (TPSA) is 83.2 Å². The number of nitrogens with one attached hydrogen (secondary N) is 1. The van der Waals surface area contributed by atoms with Crippen LogP contribution in [0.3, 0.4) is 0 Å². The third-order valence-corrected chi connectivity index (χ3v) is 3.23. The van der Waals surface area contributed by atoms with E-state index in [1.54, 1.807) is 0 Å². The first-order valence-electron chi connectivity index (χ1n) is 6.20. The second-order valence-corrected chi connectivity index (χ2v) is 4.86. The monoisotopic (exact) mass is 304 g/mol. The van der Waals surface area contributed by atoms with E-state index in [0.29, 0.717) is 0 Å². The lowest BCUT2D eigenvalue weighted by Gasteiger charge is -2.20. The molecule has 0 unspecified atom stereocenters. The summed E-state index contributed by atoms with van der Waals surface area (Å²) in [5.74, 6) is -1.84. The molecule has 0 aliphatic heterocycles. The van der Waals surface area contributed by atoms with Gasteiger partial charge >= 0.3 is 12.1 Å². The summed E-state index contributed by atoms with van der Waals surface area (Å²) in [5, 5.41) is 14.3. The number of aryl methyl sites for hydroxylation is 1. The first-order chi connectivity index (χ1) is 9.73. The van der Waals surface area contributed by atoms with Gasteiger partial charge in [0.1, 0.15) is 18.2 Å². The zero-order valence-corrected chi connectivity index (χ0v) is 10.9. The van der Waals surface area contributed by atoms with Gasteiger partial charge in [0, 0.05) is 6.07 Å². The number of alkyl halides is 3. The summed E-state index contributed by atoms with van der Waals surface area (Å²) in [5.41, 5.74) is -2.11. The number of aromatic nitrogens is 2. The van der Waals surface area contributed by atoms with Gasteiger partial charge in [-0.05, 0) is 17.9 Å². The van der Waals surface area contributed by atoms with Crippen molar-refractivity contribution < 1.29 is 32.5 Å². The van der Waals surface area contributed by atoms with Gasteiger partial charge in [-0.3, -0.25) is 9.59 Å². The number of rotatable bonds is 5. The molecular formula is C12H13F3N3O3+. The highest BCUT2D eigenvalue weighted by Crippen LogP contribution is 2.48. The molecule has 0 saturated heterocycles. The Labute approximate surface area is 117 Å². The molecule has 21 heavy (non-hydrogen) atoms. The van der Waals surface area contributed by atoms with Crippen molar-refractivity contribution in [3.63, 3.8) is 0 Å². The van der Waals surface area contributed by atoms with Gasteiger partial charge in [0.25, 0.3) is 5.91 Å². The average Bonchev–Trinajstić information content (AvgIpc) is 3.17. The Morgan fingerprint density at radius 2 is 2.10 bits per heavy atom. The van der Waals surface area contributed by atoms with Crippen molar-refractivity contribution in [3.8, 4) is 0 Å². The molecule has 1 aliphatic rings. The molecule has 0 aromatic carbocycles. The van der Waals surface area contributed by atoms with Crippen LogP contribution in [0, 0.1) is 0 Å². The van der Waals surface area contributed by atoms with Crippen LogP contribution in [0.15, 0.2) is 18.5 Å². The van der Waals surface area contributed by atoms with E-state index in [1.165, 1.54) is 16.9 Å². The molecule has 2 rings (SSSR count). The largest absolute Gasteiger partial charge is 0.481 e. The molecule has 2 N–H and O–H groups in total. The highest BCUT2D eigenvalue weighted by molar-refractivity contribution is 5.94. The lowest BCUT2D eigenvalue weighted by atomic mass is 10.2. The maximum atomic E-state index is 12.7. The molecule has 0 atom stereocenters. The summed E-state index contributed by atoms with van der Waals surface area (Å²) in [4.78, 5) is 22.2. The minimum absolute atomic E-state index is 0.00269. The van der Waals surface area contributed by atoms with Gasteiger partial charge in [0.2, 0.25) is 0 Å². The summed E-state index contributed by atoms with van der Waals surface area (Å²) < 4.78 is 39.5. The van der Waals surface area contributed by atoms with Crippen molar-refractivity contribution in [1.29, 1.82) is 0 Å². The predicted octanol–water partition coefficient (Wildman–Crippen LogP) is 0.668. The fourth-order valence-electron chi connectivity index (χ4n) is 1.75. The number of nitrogens with zero attached hydrogens (tertiary/aromatic N) is 2. The van der Waals surface area contributed by atoms with Gasteiger partial charge in [-0.15, -0.1) is 0 Å². The van der Waals surface area contributed by atoms with E-state index in [0.717, 1.165) is 6.20 Å². The van der Waals surface area contributed by atoms with Crippen molar-refractivity contribution in [2.24, 2.45) is 0 Å². The van der Waals surface area contributed by atoms with Crippen molar-refractivity contribution in [2.45, 2.75) is 37.5 Å². The first kappa shape index (κ1) is 15.2. The zero-order chi connectivity index (χ0) is 15.7. The highest BCUT2D eigenvalue weighted by Gasteiger charge is 2.64. The second kappa shape index (κ2) is 5.30. The van der Waals surface area contributed by atoms with Crippen molar-refractivity contribution in [1.82, 2.24) is 10.4 Å². The Morgan fingerprint density at radius 1 is 1.43 bits per heavy atom. The number of aliphatic carboxylic acids is 1. The van der Waals surface area contributed by atoms with E-state index in [4.69, 9.17) is 5.11 Å². The number of hydrogen-bond acceptors (Lipinski definition) is 3. The van der Waals surface area contributed by atoms with E-state index >= 15 is 0 Å². The normalized spacial score (nSPS) is 16.3. The first-order valence-corrected chi connectivity index (χ1v) is 6.20. The smallest absolute Gasteiger partial charge is 0.411 e. The minimum Gasteiger partial charge on any atom is -0.481 e. The van der Waals surface area contributed by atoms with Crippen molar-refractivity contribution in [2.75, 3.05) is 0 Å². The van der Waals surface area contributed by atoms with Crippen LogP contribution in [0.4, 0.5) is 13.2 Å². The Hall–Kier alpha value is -2.19. The Kier molecular flexibility index (Phi) is 3.84. The number of carboxylic acids is 1. The number of amides is 1. The molecule has 114 valence electrons. The SMILES string of the molecule is O=C(O)CC[n+]1ccc(C(=O)NC2(C(F)(F)F)CC2)cn1.